The molecule has 3 aromatic rings. The third-order valence-corrected chi connectivity index (χ3v) is 7.22. The van der Waals surface area contributed by atoms with Crippen LogP contribution in [0.25, 0.3) is 22.0 Å². The smallest absolute Gasteiger partial charge is 0.435 e. The van der Waals surface area contributed by atoms with Gasteiger partial charge in [-0.05, 0) is 91.1 Å². The summed E-state index contributed by atoms with van der Waals surface area (Å²) < 4.78 is 25.0. The third-order valence-electron chi connectivity index (χ3n) is 5.98. The second kappa shape index (κ2) is 12.7. The molecule has 11 heteroatoms. The topological polar surface area (TPSA) is 114 Å². The van der Waals surface area contributed by atoms with Gasteiger partial charge in [0.15, 0.2) is 0 Å². The lowest BCUT2D eigenvalue weighted by Crippen LogP contribution is -2.51. The maximum Gasteiger partial charge on any atom is 0.435 e. The minimum Gasteiger partial charge on any atom is -0.484 e. The van der Waals surface area contributed by atoms with Crippen LogP contribution in [0, 0.1) is 6.92 Å². The van der Waals surface area contributed by atoms with E-state index in [4.69, 9.17) is 18.6 Å². The molecular weight excluding hydrogens is 564 g/mol. The van der Waals surface area contributed by atoms with Gasteiger partial charge in [-0.25, -0.2) is 9.59 Å². The minimum absolute atomic E-state index is 0.0318. The van der Waals surface area contributed by atoms with Crippen molar-refractivity contribution in [2.75, 3.05) is 6.54 Å². The second-order valence-corrected chi connectivity index (χ2v) is 16.1. The molecule has 1 atom stereocenters. The van der Waals surface area contributed by atoms with E-state index < -0.39 is 35.1 Å². The summed E-state index contributed by atoms with van der Waals surface area (Å²) in [6.07, 6.45) is 1.77. The quantitative estimate of drug-likeness (QED) is 0.269. The Morgan fingerprint density at radius 1 is 0.907 bits per heavy atom. The number of fused-ring (bicyclic) bond motifs is 1. The molecule has 1 aromatic carbocycles. The van der Waals surface area contributed by atoms with Crippen molar-refractivity contribution in [1.29, 1.82) is 0 Å². The SMILES string of the molecule is Cc1nn(C(=O)OC(C)(C)C)c2ccc(-c3cncc(OC(CNC(=O)OC(C)(C)C)C(C)(C)O[Si]C(C)(C)C)c3)cc12. The van der Waals surface area contributed by atoms with Gasteiger partial charge in [0.25, 0.3) is 0 Å². The first kappa shape index (κ1) is 34.1. The standard InChI is InChI=1S/C32H46N4O6Si/c1-20-24-16-21(13-14-25(24)36(35-20)28(38)41-30(5,6)7)22-15-23(18-33-17-22)39-26(19-34-27(37)40-29(2,3)4)32(11,12)42-43-31(8,9)10/h13-18,26H,19H2,1-12H3,(H,34,37). The molecule has 43 heavy (non-hydrogen) atoms. The maximum atomic E-state index is 12.7. The number of carbonyl (C=O) groups excluding carboxylic acids is 2. The predicted molar refractivity (Wildman–Crippen MR) is 169 cm³/mol. The molecule has 3 rings (SSSR count). The summed E-state index contributed by atoms with van der Waals surface area (Å²) in [6, 6.07) is 7.62. The Balaban J connectivity index is 1.89. The molecule has 2 aromatic heterocycles. The first-order valence-electron chi connectivity index (χ1n) is 14.4. The van der Waals surface area contributed by atoms with E-state index in [1.165, 1.54) is 4.68 Å². The number of amides is 1. The van der Waals surface area contributed by atoms with Crippen molar-refractivity contribution >= 4 is 32.9 Å². The molecule has 2 heterocycles. The van der Waals surface area contributed by atoms with Crippen LogP contribution in [0.1, 0.15) is 81.9 Å². The lowest BCUT2D eigenvalue weighted by Gasteiger charge is -2.36. The van der Waals surface area contributed by atoms with Gasteiger partial charge in [-0.3, -0.25) is 4.98 Å². The Kier molecular flexibility index (Phi) is 10.0. The summed E-state index contributed by atoms with van der Waals surface area (Å²) in [5, 5.41) is 8.05. The number of aromatic nitrogens is 3. The molecule has 0 aliphatic carbocycles. The average Bonchev–Trinajstić information content (AvgIpc) is 3.19. The Labute approximate surface area is 257 Å². The van der Waals surface area contributed by atoms with Crippen LogP contribution in [-0.2, 0) is 13.9 Å². The van der Waals surface area contributed by atoms with Crippen LogP contribution >= 0.6 is 0 Å². The molecule has 0 aliphatic heterocycles. The van der Waals surface area contributed by atoms with Crippen LogP contribution in [0.3, 0.4) is 0 Å². The monoisotopic (exact) mass is 610 g/mol. The van der Waals surface area contributed by atoms with Crippen molar-refractivity contribution in [2.45, 2.75) is 111 Å². The maximum absolute atomic E-state index is 12.7. The molecule has 1 unspecified atom stereocenters. The summed E-state index contributed by atoms with van der Waals surface area (Å²) >= 11 is 0. The molecule has 0 fully saturated rings. The van der Waals surface area contributed by atoms with E-state index in [-0.39, 0.29) is 21.3 Å². The highest BCUT2D eigenvalue weighted by Crippen LogP contribution is 2.31. The Hall–Kier alpha value is -3.44. The van der Waals surface area contributed by atoms with Crippen molar-refractivity contribution in [2.24, 2.45) is 0 Å². The van der Waals surface area contributed by atoms with Crippen molar-refractivity contribution in [3.05, 3.63) is 42.4 Å². The highest BCUT2D eigenvalue weighted by atomic mass is 28.2. The third kappa shape index (κ3) is 10.1. The number of hydrogen-bond donors (Lipinski definition) is 1. The summed E-state index contributed by atoms with van der Waals surface area (Å²) in [6.45, 7) is 23.2. The van der Waals surface area contributed by atoms with Crippen LogP contribution in [0.15, 0.2) is 36.7 Å². The Morgan fingerprint density at radius 2 is 1.56 bits per heavy atom. The molecule has 0 saturated carbocycles. The largest absolute Gasteiger partial charge is 0.484 e. The molecule has 0 spiro atoms. The molecule has 2 radical (unpaired) electrons. The van der Waals surface area contributed by atoms with Crippen LogP contribution in [0.4, 0.5) is 9.59 Å². The predicted octanol–water partition coefficient (Wildman–Crippen LogP) is 7.09. The zero-order valence-corrected chi connectivity index (χ0v) is 28.5. The van der Waals surface area contributed by atoms with E-state index in [0.29, 0.717) is 17.0 Å². The number of alkyl carbamates (subject to hydrolysis) is 1. The molecule has 0 aliphatic rings. The molecule has 1 N–H and O–H groups in total. The Morgan fingerprint density at radius 3 is 2.16 bits per heavy atom. The molecule has 1 amide bonds. The van der Waals surface area contributed by atoms with Gasteiger partial charge in [0.05, 0.1) is 29.6 Å². The molecule has 0 saturated heterocycles. The van der Waals surface area contributed by atoms with Gasteiger partial charge in [-0.2, -0.15) is 9.78 Å². The van der Waals surface area contributed by atoms with Crippen molar-refractivity contribution in [3.63, 3.8) is 0 Å². The minimum atomic E-state index is -0.747. The van der Waals surface area contributed by atoms with Crippen LogP contribution in [0.2, 0.25) is 5.04 Å². The molecular formula is C32H46N4O6Si. The van der Waals surface area contributed by atoms with Gasteiger partial charge in [0.1, 0.15) is 23.1 Å². The Bertz CT molecular complexity index is 1450. The highest BCUT2D eigenvalue weighted by molar-refractivity contribution is 6.31. The van der Waals surface area contributed by atoms with E-state index in [1.54, 1.807) is 12.4 Å². The van der Waals surface area contributed by atoms with E-state index >= 15 is 0 Å². The average molecular weight is 611 g/mol. The number of pyridine rings is 1. The number of nitrogens with one attached hydrogen (secondary N) is 1. The zero-order valence-electron chi connectivity index (χ0n) is 27.5. The first-order valence-corrected chi connectivity index (χ1v) is 15.3. The molecule has 234 valence electrons. The number of nitrogens with zero attached hydrogens (tertiary/aromatic N) is 3. The van der Waals surface area contributed by atoms with Gasteiger partial charge in [0.2, 0.25) is 9.76 Å². The van der Waals surface area contributed by atoms with E-state index in [1.807, 2.05) is 86.6 Å². The van der Waals surface area contributed by atoms with Crippen molar-refractivity contribution < 1.29 is 28.2 Å². The normalized spacial score (nSPS) is 13.5. The molecule has 10 nitrogen and oxygen atoms in total. The zero-order chi connectivity index (χ0) is 32.4. The summed E-state index contributed by atoms with van der Waals surface area (Å²) in [7, 11) is 0.217. The van der Waals surface area contributed by atoms with E-state index in [2.05, 4.69) is 36.2 Å². The van der Waals surface area contributed by atoms with Gasteiger partial charge in [-0.1, -0.05) is 26.8 Å². The first-order chi connectivity index (χ1) is 19.6. The summed E-state index contributed by atoms with van der Waals surface area (Å²) in [5.74, 6) is 0.519. The van der Waals surface area contributed by atoms with Crippen LogP contribution in [-0.4, -0.2) is 66.2 Å². The van der Waals surface area contributed by atoms with E-state index in [0.717, 1.165) is 16.5 Å². The van der Waals surface area contributed by atoms with Gasteiger partial charge < -0.3 is 24.0 Å². The highest BCUT2D eigenvalue weighted by Gasteiger charge is 2.35. The number of rotatable bonds is 8. The summed E-state index contributed by atoms with van der Waals surface area (Å²) in [5.41, 5.74) is 1.05. The fourth-order valence-corrected chi connectivity index (χ4v) is 4.67. The van der Waals surface area contributed by atoms with Gasteiger partial charge >= 0.3 is 12.2 Å². The van der Waals surface area contributed by atoms with Crippen molar-refractivity contribution in [1.82, 2.24) is 20.1 Å². The fraction of sp³-hybridized carbons (Fsp3) is 0.562. The van der Waals surface area contributed by atoms with Crippen LogP contribution < -0.4 is 10.1 Å². The van der Waals surface area contributed by atoms with Crippen molar-refractivity contribution in [3.8, 4) is 16.9 Å². The fourth-order valence-electron chi connectivity index (χ4n) is 3.97. The lowest BCUT2D eigenvalue weighted by atomic mass is 10.0. The second-order valence-electron chi connectivity index (χ2n) is 14.2. The van der Waals surface area contributed by atoms with E-state index in [9.17, 15) is 9.59 Å². The van der Waals surface area contributed by atoms with Gasteiger partial charge in [-0.15, -0.1) is 0 Å². The van der Waals surface area contributed by atoms with Gasteiger partial charge in [0, 0.05) is 17.1 Å². The summed E-state index contributed by atoms with van der Waals surface area (Å²) in [4.78, 5) is 29.6. The van der Waals surface area contributed by atoms with Crippen LogP contribution in [0.5, 0.6) is 5.75 Å². The lowest BCUT2D eigenvalue weighted by molar-refractivity contribution is -0.0153. The number of carbonyl (C=O) groups is 2. The molecule has 0 bridgehead atoms. The number of benzene rings is 1. The number of hydrogen-bond acceptors (Lipinski definition) is 8. The number of aryl methyl sites for hydroxylation is 1. The number of ether oxygens (including phenoxy) is 3.